The molecule has 1 amide bonds. The van der Waals surface area contributed by atoms with Crippen molar-refractivity contribution in [3.8, 4) is 11.3 Å². The van der Waals surface area contributed by atoms with Gasteiger partial charge in [-0.1, -0.05) is 35.0 Å². The minimum atomic E-state index is -0.143. The van der Waals surface area contributed by atoms with E-state index < -0.39 is 0 Å². The number of rotatable bonds is 4. The molecule has 5 heteroatoms. The fourth-order valence-electron chi connectivity index (χ4n) is 1.99. The molecule has 4 nitrogen and oxygen atoms in total. The number of amides is 1. The summed E-state index contributed by atoms with van der Waals surface area (Å²) < 4.78 is 5.22. The first-order valence-electron chi connectivity index (χ1n) is 6.44. The molecule has 0 atom stereocenters. The molecule has 1 saturated carbocycles. The van der Waals surface area contributed by atoms with Gasteiger partial charge in [0.15, 0.2) is 5.76 Å². The third kappa shape index (κ3) is 3.27. The lowest BCUT2D eigenvalue weighted by Crippen LogP contribution is -2.27. The van der Waals surface area contributed by atoms with E-state index in [1.54, 1.807) is 25.0 Å². The van der Waals surface area contributed by atoms with Crippen molar-refractivity contribution in [1.29, 1.82) is 0 Å². The standard InChI is InChI=1S/C16H12ClN2O2/c17-14-8-4-3-7-13(14)15-9-12(21-19-15)10-18-16(20)11-5-1-2-6-11/h1-9H,10H2,(H,18,20). The Balaban J connectivity index is 1.63. The molecule has 21 heavy (non-hydrogen) atoms. The third-order valence-corrected chi connectivity index (χ3v) is 3.39. The Hall–Kier alpha value is -1.81. The fraction of sp³-hybridized carbons (Fsp3) is 0.0625. The van der Waals surface area contributed by atoms with Gasteiger partial charge in [-0.2, -0.15) is 0 Å². The largest absolute Gasteiger partial charge is 0.359 e. The van der Waals surface area contributed by atoms with Crippen molar-refractivity contribution in [3.05, 3.63) is 72.7 Å². The van der Waals surface area contributed by atoms with Crippen LogP contribution in [0, 0.1) is 31.6 Å². The molecule has 0 bridgehead atoms. The van der Waals surface area contributed by atoms with Gasteiger partial charge < -0.3 is 9.84 Å². The van der Waals surface area contributed by atoms with Crippen LogP contribution in [0.3, 0.4) is 0 Å². The van der Waals surface area contributed by atoms with Crippen molar-refractivity contribution in [2.75, 3.05) is 0 Å². The van der Waals surface area contributed by atoms with Gasteiger partial charge in [-0.15, -0.1) is 0 Å². The van der Waals surface area contributed by atoms with Gasteiger partial charge in [0.1, 0.15) is 5.69 Å². The zero-order valence-electron chi connectivity index (χ0n) is 11.0. The highest BCUT2D eigenvalue weighted by Gasteiger charge is 2.24. The second kappa shape index (κ2) is 6.31. The van der Waals surface area contributed by atoms with E-state index in [-0.39, 0.29) is 12.5 Å². The highest BCUT2D eigenvalue weighted by molar-refractivity contribution is 6.33. The molecule has 0 spiro atoms. The number of aromatic nitrogens is 1. The summed E-state index contributed by atoms with van der Waals surface area (Å²) in [5.74, 6) is 1.06. The number of hydrogen-bond acceptors (Lipinski definition) is 3. The highest BCUT2D eigenvalue weighted by atomic mass is 35.5. The number of halogens is 1. The second-order valence-corrected chi connectivity index (χ2v) is 4.92. The Bertz CT molecular complexity index is 633. The van der Waals surface area contributed by atoms with E-state index in [9.17, 15) is 4.79 Å². The minimum Gasteiger partial charge on any atom is -0.359 e. The summed E-state index contributed by atoms with van der Waals surface area (Å²) in [5.41, 5.74) is 1.45. The molecule has 2 aromatic rings. The number of hydrogen-bond donors (Lipinski definition) is 1. The van der Waals surface area contributed by atoms with E-state index in [4.69, 9.17) is 16.1 Å². The number of nitrogens with one attached hydrogen (secondary N) is 1. The van der Waals surface area contributed by atoms with Crippen molar-refractivity contribution in [2.45, 2.75) is 6.54 Å². The average Bonchev–Trinajstić information content (AvgIpc) is 3.17. The Morgan fingerprint density at radius 2 is 2.00 bits per heavy atom. The summed E-state index contributed by atoms with van der Waals surface area (Å²) in [6.07, 6.45) is 7.15. The molecule has 0 unspecified atom stereocenters. The molecular formula is C16H12ClN2O2. The molecule has 1 aliphatic rings. The van der Waals surface area contributed by atoms with Crippen molar-refractivity contribution in [3.63, 3.8) is 0 Å². The summed E-state index contributed by atoms with van der Waals surface area (Å²) in [5, 5.41) is 7.36. The van der Waals surface area contributed by atoms with Crippen LogP contribution in [0.4, 0.5) is 0 Å². The molecule has 3 rings (SSSR count). The maximum absolute atomic E-state index is 11.8. The van der Waals surface area contributed by atoms with Crippen molar-refractivity contribution in [1.82, 2.24) is 10.5 Å². The molecule has 1 aliphatic carbocycles. The summed E-state index contributed by atoms with van der Waals surface area (Å²) in [7, 11) is 0. The summed E-state index contributed by atoms with van der Waals surface area (Å²) in [6, 6.07) is 9.17. The highest BCUT2D eigenvalue weighted by Crippen LogP contribution is 2.27. The van der Waals surface area contributed by atoms with Gasteiger partial charge in [0, 0.05) is 11.6 Å². The zero-order chi connectivity index (χ0) is 14.7. The molecule has 0 aliphatic heterocycles. The number of carbonyl (C=O) groups is 1. The smallest absolute Gasteiger partial charge is 0.228 e. The van der Waals surface area contributed by atoms with Crippen LogP contribution in [0.25, 0.3) is 11.3 Å². The normalized spacial score (nSPS) is 15.3. The number of benzene rings is 1. The van der Waals surface area contributed by atoms with Gasteiger partial charge in [0.25, 0.3) is 0 Å². The second-order valence-electron chi connectivity index (χ2n) is 4.51. The predicted molar refractivity (Wildman–Crippen MR) is 79.2 cm³/mol. The van der Waals surface area contributed by atoms with Crippen LogP contribution in [0.2, 0.25) is 5.02 Å². The molecule has 1 fully saturated rings. The Labute approximate surface area is 128 Å². The van der Waals surface area contributed by atoms with Crippen LogP contribution < -0.4 is 5.32 Å². The van der Waals surface area contributed by atoms with E-state index in [1.807, 2.05) is 31.0 Å². The van der Waals surface area contributed by atoms with Crippen molar-refractivity contribution in [2.24, 2.45) is 0 Å². The van der Waals surface area contributed by atoms with Crippen LogP contribution in [0.15, 0.2) is 34.9 Å². The Morgan fingerprint density at radius 3 is 2.76 bits per heavy atom. The number of nitrogens with zero attached hydrogens (tertiary/aromatic N) is 1. The van der Waals surface area contributed by atoms with Crippen LogP contribution in [0.1, 0.15) is 5.76 Å². The molecule has 1 heterocycles. The molecule has 0 saturated heterocycles. The average molecular weight is 300 g/mol. The Kier molecular flexibility index (Phi) is 4.25. The van der Waals surface area contributed by atoms with E-state index in [2.05, 4.69) is 10.5 Å². The van der Waals surface area contributed by atoms with Gasteiger partial charge in [-0.3, -0.25) is 4.79 Å². The van der Waals surface area contributed by atoms with Gasteiger partial charge in [0.05, 0.1) is 17.5 Å². The molecule has 1 aromatic heterocycles. The first-order valence-corrected chi connectivity index (χ1v) is 6.82. The van der Waals surface area contributed by atoms with Crippen LogP contribution in [-0.2, 0) is 11.3 Å². The van der Waals surface area contributed by atoms with Crippen LogP contribution >= 0.6 is 11.6 Å². The third-order valence-electron chi connectivity index (χ3n) is 3.06. The number of carbonyl (C=O) groups excluding carboxylic acids is 1. The van der Waals surface area contributed by atoms with Gasteiger partial charge in [-0.25, -0.2) is 0 Å². The van der Waals surface area contributed by atoms with Gasteiger partial charge >= 0.3 is 0 Å². The summed E-state index contributed by atoms with van der Waals surface area (Å²) in [4.78, 5) is 11.8. The first-order chi connectivity index (χ1) is 10.2. The van der Waals surface area contributed by atoms with Gasteiger partial charge in [0.2, 0.25) is 5.91 Å². The monoisotopic (exact) mass is 299 g/mol. The Morgan fingerprint density at radius 1 is 1.24 bits per heavy atom. The lowest BCUT2D eigenvalue weighted by atomic mass is 10.1. The first kappa shape index (κ1) is 14.1. The van der Waals surface area contributed by atoms with E-state index in [0.717, 1.165) is 5.56 Å². The van der Waals surface area contributed by atoms with Crippen molar-refractivity contribution >= 4 is 17.5 Å². The zero-order valence-corrected chi connectivity index (χ0v) is 11.8. The molecule has 105 valence electrons. The summed E-state index contributed by atoms with van der Waals surface area (Å²) in [6.45, 7) is 0.279. The maximum atomic E-state index is 11.8. The van der Waals surface area contributed by atoms with Gasteiger partial charge in [-0.05, 0) is 31.7 Å². The summed E-state index contributed by atoms with van der Waals surface area (Å²) >= 11 is 6.11. The molecular weight excluding hydrogens is 288 g/mol. The molecule has 5 radical (unpaired) electrons. The fourth-order valence-corrected chi connectivity index (χ4v) is 2.22. The molecule has 1 aromatic carbocycles. The van der Waals surface area contributed by atoms with Crippen molar-refractivity contribution < 1.29 is 9.32 Å². The quantitative estimate of drug-likeness (QED) is 0.944. The van der Waals surface area contributed by atoms with Crippen LogP contribution in [0.5, 0.6) is 0 Å². The lowest BCUT2D eigenvalue weighted by molar-refractivity contribution is -0.118. The van der Waals surface area contributed by atoms with E-state index >= 15 is 0 Å². The van der Waals surface area contributed by atoms with Crippen LogP contribution in [-0.4, -0.2) is 11.1 Å². The molecule has 1 N–H and O–H groups in total. The SMILES string of the molecule is O=C(NCc1cc(-c2ccccc2Cl)no1)[C]1[CH][CH][CH][CH]1. The topological polar surface area (TPSA) is 55.1 Å². The predicted octanol–water partition coefficient (Wildman–Crippen LogP) is 3.02. The lowest BCUT2D eigenvalue weighted by Gasteiger charge is -2.06. The van der Waals surface area contributed by atoms with E-state index in [1.165, 1.54) is 0 Å². The maximum Gasteiger partial charge on any atom is 0.228 e. The minimum absolute atomic E-state index is 0.143. The van der Waals surface area contributed by atoms with E-state index in [0.29, 0.717) is 22.4 Å².